The lowest BCUT2D eigenvalue weighted by molar-refractivity contribution is -0.0627. The van der Waals surface area contributed by atoms with E-state index in [0.717, 1.165) is 44.8 Å². The van der Waals surface area contributed by atoms with Gasteiger partial charge in [0.05, 0.1) is 12.7 Å². The molecule has 0 aromatic heterocycles. The average Bonchev–Trinajstić information content (AvgIpc) is 2.46. The average molecular weight is 292 g/mol. The third-order valence-corrected chi connectivity index (χ3v) is 3.92. The predicted octanol–water partition coefficient (Wildman–Crippen LogP) is 2.33. The van der Waals surface area contributed by atoms with E-state index in [2.05, 4.69) is 36.6 Å². The van der Waals surface area contributed by atoms with Crippen LogP contribution in [0.4, 0.5) is 0 Å². The first kappa shape index (κ1) is 16.3. The molecule has 1 fully saturated rings. The normalized spacial score (nSPS) is 21.2. The summed E-state index contributed by atoms with van der Waals surface area (Å²) in [5, 5.41) is 7.08. The Morgan fingerprint density at radius 1 is 1.24 bits per heavy atom. The van der Waals surface area contributed by atoms with Crippen LogP contribution in [0.2, 0.25) is 0 Å². The molecule has 1 saturated heterocycles. The maximum Gasteiger partial charge on any atom is 0.118 e. The molecule has 0 aliphatic carbocycles. The third kappa shape index (κ3) is 5.65. The number of hydrogen-bond acceptors (Lipinski definition) is 4. The van der Waals surface area contributed by atoms with Gasteiger partial charge in [0.1, 0.15) is 5.75 Å². The Balaban J connectivity index is 1.59. The molecule has 1 aliphatic rings. The number of benzene rings is 1. The molecule has 0 amide bonds. The summed E-state index contributed by atoms with van der Waals surface area (Å²) in [5.41, 5.74) is 1.30. The van der Waals surface area contributed by atoms with E-state index in [9.17, 15) is 0 Å². The first-order valence-electron chi connectivity index (χ1n) is 7.80. The summed E-state index contributed by atoms with van der Waals surface area (Å²) in [6, 6.07) is 8.77. The Labute approximate surface area is 128 Å². The zero-order valence-electron chi connectivity index (χ0n) is 13.4. The minimum atomic E-state index is 0.0203. The van der Waals surface area contributed by atoms with Crippen LogP contribution < -0.4 is 15.4 Å². The van der Waals surface area contributed by atoms with Gasteiger partial charge in [0, 0.05) is 32.3 Å². The summed E-state index contributed by atoms with van der Waals surface area (Å²) in [7, 11) is 1.69. The second-order valence-corrected chi connectivity index (χ2v) is 6.28. The Hall–Kier alpha value is -1.10. The van der Waals surface area contributed by atoms with E-state index in [0.29, 0.717) is 6.04 Å². The van der Waals surface area contributed by atoms with Crippen LogP contribution in [-0.4, -0.2) is 38.4 Å². The molecule has 118 valence electrons. The van der Waals surface area contributed by atoms with Crippen molar-refractivity contribution in [2.45, 2.75) is 44.9 Å². The van der Waals surface area contributed by atoms with Crippen LogP contribution in [0.3, 0.4) is 0 Å². The van der Waals surface area contributed by atoms with Crippen molar-refractivity contribution in [2.75, 3.05) is 26.8 Å². The number of methoxy groups -OCH3 is 1. The third-order valence-electron chi connectivity index (χ3n) is 3.92. The van der Waals surface area contributed by atoms with E-state index in [-0.39, 0.29) is 5.60 Å². The molecule has 21 heavy (non-hydrogen) atoms. The van der Waals surface area contributed by atoms with Crippen molar-refractivity contribution in [3.63, 3.8) is 0 Å². The summed E-state index contributed by atoms with van der Waals surface area (Å²) in [4.78, 5) is 0. The lowest BCUT2D eigenvalue weighted by Crippen LogP contribution is -2.45. The van der Waals surface area contributed by atoms with Crippen LogP contribution in [0.25, 0.3) is 0 Å². The summed E-state index contributed by atoms with van der Waals surface area (Å²) < 4.78 is 10.9. The van der Waals surface area contributed by atoms with Crippen molar-refractivity contribution in [2.24, 2.45) is 0 Å². The lowest BCUT2D eigenvalue weighted by Gasteiger charge is -2.36. The van der Waals surface area contributed by atoms with Crippen molar-refractivity contribution < 1.29 is 9.47 Å². The topological polar surface area (TPSA) is 42.5 Å². The number of ether oxygens (including phenoxy) is 2. The molecule has 1 heterocycles. The second kappa shape index (κ2) is 7.78. The van der Waals surface area contributed by atoms with E-state index in [1.165, 1.54) is 5.56 Å². The van der Waals surface area contributed by atoms with Crippen LogP contribution in [0.5, 0.6) is 5.75 Å². The molecular formula is C17H28N2O2. The highest BCUT2D eigenvalue weighted by Crippen LogP contribution is 2.23. The highest BCUT2D eigenvalue weighted by molar-refractivity contribution is 5.26. The zero-order valence-corrected chi connectivity index (χ0v) is 13.4. The Bertz CT molecular complexity index is 417. The first-order valence-corrected chi connectivity index (χ1v) is 7.80. The van der Waals surface area contributed by atoms with Gasteiger partial charge in [0.2, 0.25) is 0 Å². The van der Waals surface area contributed by atoms with Crippen molar-refractivity contribution in [3.05, 3.63) is 29.8 Å². The molecule has 2 rings (SSSR count). The van der Waals surface area contributed by atoms with Gasteiger partial charge in [-0.15, -0.1) is 0 Å². The fourth-order valence-corrected chi connectivity index (χ4v) is 2.75. The van der Waals surface area contributed by atoms with Crippen molar-refractivity contribution >= 4 is 0 Å². The van der Waals surface area contributed by atoms with E-state index in [4.69, 9.17) is 9.47 Å². The van der Waals surface area contributed by atoms with E-state index in [1.54, 1.807) is 7.11 Å². The molecule has 1 aromatic carbocycles. The number of rotatable bonds is 7. The summed E-state index contributed by atoms with van der Waals surface area (Å²) in [5.74, 6) is 0.905. The van der Waals surface area contributed by atoms with Crippen LogP contribution >= 0.6 is 0 Å². The van der Waals surface area contributed by atoms with Crippen molar-refractivity contribution in [1.29, 1.82) is 0 Å². The van der Waals surface area contributed by atoms with Gasteiger partial charge in [-0.05, 0) is 44.4 Å². The minimum absolute atomic E-state index is 0.0203. The van der Waals surface area contributed by atoms with Gasteiger partial charge >= 0.3 is 0 Å². The van der Waals surface area contributed by atoms with Gasteiger partial charge in [-0.1, -0.05) is 12.1 Å². The summed E-state index contributed by atoms with van der Waals surface area (Å²) in [6.07, 6.45) is 2.20. The molecule has 1 aliphatic heterocycles. The number of hydrogen-bond donors (Lipinski definition) is 2. The number of nitrogens with one attached hydrogen (secondary N) is 2. The Morgan fingerprint density at radius 3 is 2.67 bits per heavy atom. The molecule has 1 aromatic rings. The predicted molar refractivity (Wildman–Crippen MR) is 85.8 cm³/mol. The van der Waals surface area contributed by atoms with Gasteiger partial charge in [-0.2, -0.15) is 0 Å². The highest BCUT2D eigenvalue weighted by atomic mass is 16.5. The monoisotopic (exact) mass is 292 g/mol. The maximum absolute atomic E-state index is 5.73. The van der Waals surface area contributed by atoms with Gasteiger partial charge in [-0.3, -0.25) is 0 Å². The summed E-state index contributed by atoms with van der Waals surface area (Å²) >= 11 is 0. The smallest absolute Gasteiger partial charge is 0.118 e. The highest BCUT2D eigenvalue weighted by Gasteiger charge is 2.28. The van der Waals surface area contributed by atoms with Gasteiger partial charge in [0.15, 0.2) is 0 Å². The quantitative estimate of drug-likeness (QED) is 0.757. The Morgan fingerprint density at radius 2 is 2.00 bits per heavy atom. The SMILES string of the molecule is COc1ccc(CNCCN[C@H]2CCOC(C)(C)C2)cc1. The van der Waals surface area contributed by atoms with Gasteiger partial charge in [-0.25, -0.2) is 0 Å². The molecule has 0 saturated carbocycles. The molecule has 0 spiro atoms. The first-order chi connectivity index (χ1) is 10.1. The zero-order chi connectivity index (χ0) is 15.1. The fraction of sp³-hybridized carbons (Fsp3) is 0.647. The Kier molecular flexibility index (Phi) is 6.03. The van der Waals surface area contributed by atoms with Crippen LogP contribution in [0, 0.1) is 0 Å². The molecule has 0 radical (unpaired) electrons. The molecule has 0 unspecified atom stereocenters. The largest absolute Gasteiger partial charge is 0.497 e. The second-order valence-electron chi connectivity index (χ2n) is 6.28. The molecule has 1 atom stereocenters. The standard InChI is InChI=1S/C17H28N2O2/c1-17(2)12-15(8-11-21-17)19-10-9-18-13-14-4-6-16(20-3)7-5-14/h4-7,15,18-19H,8-13H2,1-3H3/t15-/m0/s1. The molecule has 2 N–H and O–H groups in total. The van der Waals surface area contributed by atoms with Crippen molar-refractivity contribution in [1.82, 2.24) is 10.6 Å². The van der Waals surface area contributed by atoms with Gasteiger partial charge in [0.25, 0.3) is 0 Å². The fourth-order valence-electron chi connectivity index (χ4n) is 2.75. The van der Waals surface area contributed by atoms with Crippen LogP contribution in [0.15, 0.2) is 24.3 Å². The van der Waals surface area contributed by atoms with E-state index in [1.807, 2.05) is 12.1 Å². The lowest BCUT2D eigenvalue weighted by atomic mass is 9.94. The summed E-state index contributed by atoms with van der Waals surface area (Å²) in [6.45, 7) is 8.07. The van der Waals surface area contributed by atoms with Gasteiger partial charge < -0.3 is 20.1 Å². The maximum atomic E-state index is 5.73. The molecule has 0 bridgehead atoms. The van der Waals surface area contributed by atoms with Crippen LogP contribution in [0.1, 0.15) is 32.3 Å². The minimum Gasteiger partial charge on any atom is -0.497 e. The molecule has 4 heteroatoms. The van der Waals surface area contributed by atoms with Crippen LogP contribution in [-0.2, 0) is 11.3 Å². The molecular weight excluding hydrogens is 264 g/mol. The van der Waals surface area contributed by atoms with Crippen molar-refractivity contribution in [3.8, 4) is 5.75 Å². The van der Waals surface area contributed by atoms with E-state index >= 15 is 0 Å². The van der Waals surface area contributed by atoms with E-state index < -0.39 is 0 Å². The molecule has 4 nitrogen and oxygen atoms in total.